The Balaban J connectivity index is 1.84. The molecule has 0 aromatic heterocycles. The Morgan fingerprint density at radius 2 is 1.79 bits per heavy atom. The van der Waals surface area contributed by atoms with Crippen LogP contribution in [0.4, 0.5) is 0 Å². The van der Waals surface area contributed by atoms with Gasteiger partial charge in [0, 0.05) is 32.2 Å². The van der Waals surface area contributed by atoms with Crippen molar-refractivity contribution in [1.82, 2.24) is 14.7 Å². The lowest BCUT2D eigenvalue weighted by Gasteiger charge is -2.34. The van der Waals surface area contributed by atoms with Crippen molar-refractivity contribution in [3.8, 4) is 0 Å². The number of aliphatic carboxylic acids is 1. The zero-order valence-corrected chi connectivity index (χ0v) is 11.7. The van der Waals surface area contributed by atoms with E-state index in [1.807, 2.05) is 16.7 Å². The molecule has 2 atom stereocenters. The van der Waals surface area contributed by atoms with E-state index >= 15 is 0 Å². The number of nitrogens with zero attached hydrogens (tertiary/aromatic N) is 3. The Kier molecular flexibility index (Phi) is 4.42. The summed E-state index contributed by atoms with van der Waals surface area (Å²) in [5.74, 6) is -0.951. The lowest BCUT2D eigenvalue weighted by atomic mass is 10.0. The number of carbonyl (C=O) groups excluding carboxylic acids is 1. The number of hydrogen-bond donors (Lipinski definition) is 1. The first-order valence-corrected chi connectivity index (χ1v) is 6.92. The second-order valence-electron chi connectivity index (χ2n) is 5.63. The number of carboxylic acid groups (broad SMARTS) is 1. The number of piperazine rings is 1. The molecular formula is C13H23N3O3. The molecule has 0 aromatic rings. The van der Waals surface area contributed by atoms with E-state index < -0.39 is 5.97 Å². The number of rotatable bonds is 3. The number of carbonyl (C=O) groups is 2. The zero-order chi connectivity index (χ0) is 14.0. The van der Waals surface area contributed by atoms with Gasteiger partial charge in [-0.05, 0) is 26.9 Å². The predicted molar refractivity (Wildman–Crippen MR) is 70.9 cm³/mol. The van der Waals surface area contributed by atoms with Gasteiger partial charge >= 0.3 is 5.97 Å². The highest BCUT2D eigenvalue weighted by molar-refractivity contribution is 5.79. The van der Waals surface area contributed by atoms with Crippen molar-refractivity contribution in [3.05, 3.63) is 0 Å². The molecule has 2 unspecified atom stereocenters. The Morgan fingerprint density at radius 1 is 1.16 bits per heavy atom. The van der Waals surface area contributed by atoms with Crippen LogP contribution in [0.1, 0.15) is 13.3 Å². The molecule has 2 saturated heterocycles. The molecule has 6 heteroatoms. The van der Waals surface area contributed by atoms with Gasteiger partial charge in [-0.15, -0.1) is 0 Å². The highest BCUT2D eigenvalue weighted by Gasteiger charge is 2.36. The third kappa shape index (κ3) is 3.25. The fourth-order valence-electron chi connectivity index (χ4n) is 2.89. The Hall–Kier alpha value is -1.14. The zero-order valence-electron chi connectivity index (χ0n) is 11.7. The van der Waals surface area contributed by atoms with Gasteiger partial charge in [-0.25, -0.2) is 0 Å². The number of likely N-dealkylation sites (N-methyl/N-ethyl adjacent to an activating group) is 1. The molecule has 0 aliphatic carbocycles. The summed E-state index contributed by atoms with van der Waals surface area (Å²) in [5, 5.41) is 9.09. The standard InChI is InChI=1S/C13H23N3O3/c1-10-11(13(18)19)3-4-16(10)9-12(17)15-7-5-14(2)6-8-15/h10-11H,3-9H2,1-2H3,(H,18,19). The average molecular weight is 269 g/mol. The first-order valence-electron chi connectivity index (χ1n) is 6.92. The van der Waals surface area contributed by atoms with Gasteiger partial charge in [0.15, 0.2) is 0 Å². The SMILES string of the molecule is CC1C(C(=O)O)CCN1CC(=O)N1CCN(C)CC1. The quantitative estimate of drug-likeness (QED) is 0.752. The topological polar surface area (TPSA) is 64.1 Å². The summed E-state index contributed by atoms with van der Waals surface area (Å²) in [6.45, 7) is 6.35. The number of hydrogen-bond acceptors (Lipinski definition) is 4. The van der Waals surface area contributed by atoms with Gasteiger partial charge in [-0.2, -0.15) is 0 Å². The van der Waals surface area contributed by atoms with Crippen molar-refractivity contribution in [1.29, 1.82) is 0 Å². The summed E-state index contributed by atoms with van der Waals surface area (Å²) in [7, 11) is 2.06. The summed E-state index contributed by atoms with van der Waals surface area (Å²) in [6, 6.07) is -0.0473. The van der Waals surface area contributed by atoms with Crippen LogP contribution < -0.4 is 0 Å². The molecule has 2 aliphatic heterocycles. The summed E-state index contributed by atoms with van der Waals surface area (Å²) < 4.78 is 0. The molecule has 1 amide bonds. The Labute approximate surface area is 114 Å². The maximum Gasteiger partial charge on any atom is 0.308 e. The highest BCUT2D eigenvalue weighted by atomic mass is 16.4. The van der Waals surface area contributed by atoms with E-state index in [1.165, 1.54) is 0 Å². The van der Waals surface area contributed by atoms with Gasteiger partial charge in [0.05, 0.1) is 12.5 Å². The van der Waals surface area contributed by atoms with Crippen molar-refractivity contribution in [2.24, 2.45) is 5.92 Å². The monoisotopic (exact) mass is 269 g/mol. The van der Waals surface area contributed by atoms with Crippen molar-refractivity contribution in [2.45, 2.75) is 19.4 Å². The van der Waals surface area contributed by atoms with Gasteiger partial charge in [0.25, 0.3) is 0 Å². The van der Waals surface area contributed by atoms with Crippen LogP contribution in [0.25, 0.3) is 0 Å². The minimum absolute atomic E-state index is 0.0473. The molecule has 1 N–H and O–H groups in total. The lowest BCUT2D eigenvalue weighted by molar-refractivity contribution is -0.143. The molecule has 0 aromatic carbocycles. The maximum absolute atomic E-state index is 12.2. The van der Waals surface area contributed by atoms with Gasteiger partial charge in [0.2, 0.25) is 5.91 Å². The summed E-state index contributed by atoms with van der Waals surface area (Å²) in [4.78, 5) is 29.4. The minimum Gasteiger partial charge on any atom is -0.481 e. The molecule has 108 valence electrons. The largest absolute Gasteiger partial charge is 0.481 e. The van der Waals surface area contributed by atoms with Crippen LogP contribution in [-0.4, -0.2) is 84.0 Å². The molecule has 2 aliphatic rings. The van der Waals surface area contributed by atoms with Crippen LogP contribution in [0.2, 0.25) is 0 Å². The van der Waals surface area contributed by atoms with Gasteiger partial charge in [-0.3, -0.25) is 14.5 Å². The smallest absolute Gasteiger partial charge is 0.308 e. The van der Waals surface area contributed by atoms with E-state index in [-0.39, 0.29) is 17.9 Å². The third-order valence-corrected chi connectivity index (χ3v) is 4.40. The molecule has 19 heavy (non-hydrogen) atoms. The van der Waals surface area contributed by atoms with Crippen molar-refractivity contribution < 1.29 is 14.7 Å². The minimum atomic E-state index is -0.748. The average Bonchev–Trinajstić information content (AvgIpc) is 2.72. The van der Waals surface area contributed by atoms with Crippen LogP contribution in [0, 0.1) is 5.92 Å². The highest BCUT2D eigenvalue weighted by Crippen LogP contribution is 2.24. The third-order valence-electron chi connectivity index (χ3n) is 4.40. The van der Waals surface area contributed by atoms with Gasteiger partial charge < -0.3 is 14.9 Å². The normalized spacial score (nSPS) is 29.7. The Morgan fingerprint density at radius 3 is 2.32 bits per heavy atom. The molecule has 2 heterocycles. The fourth-order valence-corrected chi connectivity index (χ4v) is 2.89. The van der Waals surface area contributed by atoms with Crippen molar-refractivity contribution >= 4 is 11.9 Å². The van der Waals surface area contributed by atoms with Crippen LogP contribution in [0.3, 0.4) is 0 Å². The Bertz CT molecular complexity index is 353. The molecule has 0 spiro atoms. The molecule has 0 radical (unpaired) electrons. The number of likely N-dealkylation sites (tertiary alicyclic amines) is 1. The van der Waals surface area contributed by atoms with Crippen LogP contribution in [0.5, 0.6) is 0 Å². The molecule has 0 bridgehead atoms. The summed E-state index contributed by atoms with van der Waals surface area (Å²) >= 11 is 0. The van der Waals surface area contributed by atoms with Crippen molar-refractivity contribution in [2.75, 3.05) is 46.3 Å². The molecule has 0 saturated carbocycles. The first kappa shape index (κ1) is 14.3. The van der Waals surface area contributed by atoms with Crippen LogP contribution in [0.15, 0.2) is 0 Å². The molecule has 6 nitrogen and oxygen atoms in total. The van der Waals surface area contributed by atoms with Crippen LogP contribution in [-0.2, 0) is 9.59 Å². The van der Waals surface area contributed by atoms with Crippen molar-refractivity contribution in [3.63, 3.8) is 0 Å². The van der Waals surface area contributed by atoms with E-state index in [1.54, 1.807) is 0 Å². The van der Waals surface area contributed by atoms with Crippen LogP contribution >= 0.6 is 0 Å². The van der Waals surface area contributed by atoms with E-state index in [4.69, 9.17) is 5.11 Å². The fraction of sp³-hybridized carbons (Fsp3) is 0.846. The maximum atomic E-state index is 12.2. The predicted octanol–water partition coefficient (Wildman–Crippen LogP) is -0.445. The van der Waals surface area contributed by atoms with E-state index in [0.717, 1.165) is 26.2 Å². The van der Waals surface area contributed by atoms with Gasteiger partial charge in [-0.1, -0.05) is 0 Å². The van der Waals surface area contributed by atoms with E-state index in [0.29, 0.717) is 19.5 Å². The molecule has 2 fully saturated rings. The molecular weight excluding hydrogens is 246 g/mol. The first-order chi connectivity index (χ1) is 8.99. The second-order valence-corrected chi connectivity index (χ2v) is 5.63. The summed E-state index contributed by atoms with van der Waals surface area (Å²) in [5.41, 5.74) is 0. The lowest BCUT2D eigenvalue weighted by Crippen LogP contribution is -2.50. The number of amides is 1. The number of carboxylic acids is 1. The second kappa shape index (κ2) is 5.88. The van der Waals surface area contributed by atoms with Gasteiger partial charge in [0.1, 0.15) is 0 Å². The summed E-state index contributed by atoms with van der Waals surface area (Å²) in [6.07, 6.45) is 0.645. The van der Waals surface area contributed by atoms with E-state index in [9.17, 15) is 9.59 Å². The van der Waals surface area contributed by atoms with E-state index in [2.05, 4.69) is 11.9 Å². The molecule has 2 rings (SSSR count).